The van der Waals surface area contributed by atoms with Crippen molar-refractivity contribution in [2.24, 2.45) is 0 Å². The third-order valence-corrected chi connectivity index (χ3v) is 3.29. The van der Waals surface area contributed by atoms with Crippen LogP contribution in [-0.4, -0.2) is 16.1 Å². The lowest BCUT2D eigenvalue weighted by Gasteiger charge is -2.09. The second-order valence-corrected chi connectivity index (χ2v) is 4.77. The van der Waals surface area contributed by atoms with Gasteiger partial charge in [-0.05, 0) is 36.4 Å². The summed E-state index contributed by atoms with van der Waals surface area (Å²) in [6.07, 6.45) is 0. The molecule has 0 atom stereocenters. The van der Waals surface area contributed by atoms with Crippen molar-refractivity contribution in [2.45, 2.75) is 0 Å². The zero-order chi connectivity index (χ0) is 14.8. The molecule has 0 radical (unpaired) electrons. The third-order valence-electron chi connectivity index (χ3n) is 2.96. The minimum Gasteiger partial charge on any atom is -0.477 e. The Kier molecular flexibility index (Phi) is 3.46. The van der Waals surface area contributed by atoms with Crippen LogP contribution in [0.15, 0.2) is 54.6 Å². The van der Waals surface area contributed by atoms with Crippen molar-refractivity contribution >= 4 is 28.5 Å². The van der Waals surface area contributed by atoms with Crippen molar-refractivity contribution in [1.82, 2.24) is 4.98 Å². The number of rotatable bonds is 3. The Labute approximate surface area is 125 Å². The van der Waals surface area contributed by atoms with E-state index in [9.17, 15) is 4.79 Å². The lowest BCUT2D eigenvalue weighted by molar-refractivity contribution is 0.0691. The maximum absolute atomic E-state index is 11.1. The molecule has 0 bridgehead atoms. The normalized spacial score (nSPS) is 10.5. The standard InChI is InChI=1S/C16H10ClNO3/c17-12-7-9-14(21-10-4-2-1-3-5-10)15-11(12)6-8-13(18-15)16(19)20/h1-9H,(H,19,20). The van der Waals surface area contributed by atoms with E-state index < -0.39 is 5.97 Å². The summed E-state index contributed by atoms with van der Waals surface area (Å²) in [6.45, 7) is 0. The molecule has 0 aliphatic rings. The summed E-state index contributed by atoms with van der Waals surface area (Å²) in [4.78, 5) is 15.2. The number of pyridine rings is 1. The summed E-state index contributed by atoms with van der Waals surface area (Å²) in [7, 11) is 0. The number of hydrogen-bond donors (Lipinski definition) is 1. The van der Waals surface area contributed by atoms with Crippen molar-refractivity contribution in [3.8, 4) is 11.5 Å². The summed E-state index contributed by atoms with van der Waals surface area (Å²) in [5.74, 6) is 0.00915. The zero-order valence-corrected chi connectivity index (χ0v) is 11.5. The Balaban J connectivity index is 2.15. The molecular weight excluding hydrogens is 290 g/mol. The van der Waals surface area contributed by atoms with E-state index in [1.807, 2.05) is 30.3 Å². The molecule has 0 amide bonds. The van der Waals surface area contributed by atoms with Crippen LogP contribution in [0.5, 0.6) is 11.5 Å². The van der Waals surface area contributed by atoms with Crippen LogP contribution in [0.1, 0.15) is 10.5 Å². The maximum Gasteiger partial charge on any atom is 0.354 e. The van der Waals surface area contributed by atoms with Gasteiger partial charge in [-0.15, -0.1) is 0 Å². The molecule has 0 saturated heterocycles. The Morgan fingerprint density at radius 2 is 1.81 bits per heavy atom. The molecule has 0 saturated carbocycles. The number of nitrogens with zero attached hydrogens (tertiary/aromatic N) is 1. The van der Waals surface area contributed by atoms with E-state index >= 15 is 0 Å². The largest absolute Gasteiger partial charge is 0.477 e. The number of ether oxygens (including phenoxy) is 1. The van der Waals surface area contributed by atoms with E-state index in [0.717, 1.165) is 0 Å². The van der Waals surface area contributed by atoms with Gasteiger partial charge in [-0.3, -0.25) is 0 Å². The molecular formula is C16H10ClNO3. The van der Waals surface area contributed by atoms with Gasteiger partial charge in [0, 0.05) is 5.39 Å². The van der Waals surface area contributed by atoms with Crippen LogP contribution in [0.25, 0.3) is 10.9 Å². The van der Waals surface area contributed by atoms with Crippen LogP contribution in [0.2, 0.25) is 5.02 Å². The highest BCUT2D eigenvalue weighted by Crippen LogP contribution is 2.33. The predicted octanol–water partition coefficient (Wildman–Crippen LogP) is 4.38. The zero-order valence-electron chi connectivity index (χ0n) is 10.8. The number of hydrogen-bond acceptors (Lipinski definition) is 3. The lowest BCUT2D eigenvalue weighted by Crippen LogP contribution is -2.00. The van der Waals surface area contributed by atoms with Crippen LogP contribution in [0, 0.1) is 0 Å². The molecule has 0 aliphatic carbocycles. The second kappa shape index (κ2) is 5.42. The average Bonchev–Trinajstić information content (AvgIpc) is 2.51. The van der Waals surface area contributed by atoms with E-state index in [1.165, 1.54) is 6.07 Å². The molecule has 0 spiro atoms. The molecule has 1 heterocycles. The Hall–Kier alpha value is -2.59. The van der Waals surface area contributed by atoms with Gasteiger partial charge in [0.25, 0.3) is 0 Å². The number of carboxylic acids is 1. The van der Waals surface area contributed by atoms with E-state index in [-0.39, 0.29) is 5.69 Å². The molecule has 1 N–H and O–H groups in total. The van der Waals surface area contributed by atoms with Crippen molar-refractivity contribution in [3.05, 3.63) is 65.3 Å². The van der Waals surface area contributed by atoms with Crippen LogP contribution in [0.4, 0.5) is 0 Å². The fraction of sp³-hybridized carbons (Fsp3) is 0. The minimum atomic E-state index is -1.09. The first kappa shape index (κ1) is 13.4. The molecule has 0 aliphatic heterocycles. The maximum atomic E-state index is 11.1. The van der Waals surface area contributed by atoms with Gasteiger partial charge in [-0.1, -0.05) is 29.8 Å². The molecule has 3 aromatic rings. The average molecular weight is 300 g/mol. The van der Waals surface area contributed by atoms with Gasteiger partial charge in [0.2, 0.25) is 0 Å². The molecule has 1 aromatic heterocycles. The smallest absolute Gasteiger partial charge is 0.354 e. The number of fused-ring (bicyclic) bond motifs is 1. The van der Waals surface area contributed by atoms with Crippen LogP contribution < -0.4 is 4.74 Å². The van der Waals surface area contributed by atoms with Gasteiger partial charge in [0.05, 0.1) is 5.02 Å². The van der Waals surface area contributed by atoms with Crippen molar-refractivity contribution < 1.29 is 14.6 Å². The third kappa shape index (κ3) is 2.66. The number of para-hydroxylation sites is 1. The first-order valence-corrected chi connectivity index (χ1v) is 6.58. The summed E-state index contributed by atoms with van der Waals surface area (Å²) in [5.41, 5.74) is 0.369. The van der Waals surface area contributed by atoms with Crippen LogP contribution in [-0.2, 0) is 0 Å². The van der Waals surface area contributed by atoms with E-state index in [4.69, 9.17) is 21.4 Å². The molecule has 0 unspecified atom stereocenters. The lowest BCUT2D eigenvalue weighted by atomic mass is 10.2. The summed E-state index contributed by atoms with van der Waals surface area (Å²) in [5, 5.41) is 10.2. The topological polar surface area (TPSA) is 59.4 Å². The fourth-order valence-corrected chi connectivity index (χ4v) is 2.19. The van der Waals surface area contributed by atoms with Gasteiger partial charge in [-0.2, -0.15) is 0 Å². The summed E-state index contributed by atoms with van der Waals surface area (Å²) < 4.78 is 5.77. The molecule has 2 aromatic carbocycles. The van der Waals surface area contributed by atoms with Gasteiger partial charge < -0.3 is 9.84 Å². The van der Waals surface area contributed by atoms with Crippen molar-refractivity contribution in [2.75, 3.05) is 0 Å². The first-order chi connectivity index (χ1) is 10.1. The van der Waals surface area contributed by atoms with Gasteiger partial charge in [-0.25, -0.2) is 9.78 Å². The summed E-state index contributed by atoms with van der Waals surface area (Å²) in [6, 6.07) is 15.6. The van der Waals surface area contributed by atoms with E-state index in [2.05, 4.69) is 4.98 Å². The Morgan fingerprint density at radius 3 is 2.52 bits per heavy atom. The second-order valence-electron chi connectivity index (χ2n) is 4.36. The molecule has 21 heavy (non-hydrogen) atoms. The monoisotopic (exact) mass is 299 g/mol. The number of aromatic carboxylic acids is 1. The molecule has 0 fully saturated rings. The summed E-state index contributed by atoms with van der Waals surface area (Å²) >= 11 is 6.12. The quantitative estimate of drug-likeness (QED) is 0.779. The first-order valence-electron chi connectivity index (χ1n) is 6.20. The predicted molar refractivity (Wildman–Crippen MR) is 80.2 cm³/mol. The van der Waals surface area contributed by atoms with E-state index in [1.54, 1.807) is 18.2 Å². The van der Waals surface area contributed by atoms with Crippen molar-refractivity contribution in [1.29, 1.82) is 0 Å². The van der Waals surface area contributed by atoms with Gasteiger partial charge in [0.1, 0.15) is 17.0 Å². The molecule has 3 rings (SSSR count). The highest BCUT2D eigenvalue weighted by molar-refractivity contribution is 6.35. The number of aromatic nitrogens is 1. The number of benzene rings is 2. The highest BCUT2D eigenvalue weighted by Gasteiger charge is 2.12. The molecule has 104 valence electrons. The van der Waals surface area contributed by atoms with Crippen molar-refractivity contribution in [3.63, 3.8) is 0 Å². The Morgan fingerprint density at radius 1 is 1.05 bits per heavy atom. The number of carbonyl (C=O) groups is 1. The number of halogens is 1. The van der Waals surface area contributed by atoms with Crippen LogP contribution in [0.3, 0.4) is 0 Å². The van der Waals surface area contributed by atoms with Crippen LogP contribution >= 0.6 is 11.6 Å². The van der Waals surface area contributed by atoms with E-state index in [0.29, 0.717) is 27.4 Å². The molecule has 5 heteroatoms. The Bertz CT molecular complexity index is 818. The van der Waals surface area contributed by atoms with Gasteiger partial charge >= 0.3 is 5.97 Å². The highest BCUT2D eigenvalue weighted by atomic mass is 35.5. The SMILES string of the molecule is O=C(O)c1ccc2c(Cl)ccc(Oc3ccccc3)c2n1. The fourth-order valence-electron chi connectivity index (χ4n) is 1.97. The van der Waals surface area contributed by atoms with Gasteiger partial charge in [0.15, 0.2) is 5.75 Å². The minimum absolute atomic E-state index is 0.0531. The number of carboxylic acid groups (broad SMARTS) is 1. The molecule has 4 nitrogen and oxygen atoms in total.